The monoisotopic (exact) mass is 354 g/mol. The molecule has 1 aliphatic heterocycles. The summed E-state index contributed by atoms with van der Waals surface area (Å²) in [6, 6.07) is 4.87. The Balaban J connectivity index is 2.49. The van der Waals surface area contributed by atoms with Crippen molar-refractivity contribution in [2.75, 3.05) is 12.0 Å². The molecule has 0 aromatic heterocycles. The Morgan fingerprint density at radius 3 is 2.57 bits per heavy atom. The molecule has 1 saturated heterocycles. The number of anilines is 1. The number of piperazine rings is 1. The molecular weight excluding hydrogens is 336 g/mol. The number of nitrogens with zero attached hydrogens (tertiary/aromatic N) is 1. The fourth-order valence-electron chi connectivity index (χ4n) is 2.48. The number of hydrogen-bond donors (Lipinski definition) is 1. The van der Waals surface area contributed by atoms with Gasteiger partial charge in [0.2, 0.25) is 5.91 Å². The highest BCUT2D eigenvalue weighted by Crippen LogP contribution is 2.33. The number of halogens is 1. The summed E-state index contributed by atoms with van der Waals surface area (Å²) in [5, 5.41) is 2.78. The van der Waals surface area contributed by atoms with Crippen LogP contribution in [0.4, 0.5) is 5.69 Å². The SMILES string of the molecule is CCC1C(=O)NC(C)(C)C(=O)N1c1ccc(OC)c(Br)c1. The van der Waals surface area contributed by atoms with Crippen molar-refractivity contribution in [2.45, 2.75) is 38.8 Å². The van der Waals surface area contributed by atoms with E-state index in [1.54, 1.807) is 44.1 Å². The van der Waals surface area contributed by atoms with Crippen LogP contribution in [-0.2, 0) is 9.59 Å². The first kappa shape index (κ1) is 15.8. The summed E-state index contributed by atoms with van der Waals surface area (Å²) in [4.78, 5) is 26.5. The first-order valence-corrected chi connectivity index (χ1v) is 7.60. The van der Waals surface area contributed by atoms with Crippen LogP contribution in [0.2, 0.25) is 0 Å². The minimum Gasteiger partial charge on any atom is -0.496 e. The molecule has 1 heterocycles. The smallest absolute Gasteiger partial charge is 0.252 e. The van der Waals surface area contributed by atoms with Gasteiger partial charge in [0.1, 0.15) is 17.3 Å². The molecule has 1 aliphatic rings. The average Bonchev–Trinajstić information content (AvgIpc) is 2.42. The Hall–Kier alpha value is -1.56. The van der Waals surface area contributed by atoms with Gasteiger partial charge in [0.25, 0.3) is 5.91 Å². The van der Waals surface area contributed by atoms with E-state index in [1.165, 1.54) is 0 Å². The molecular formula is C15H19BrN2O3. The van der Waals surface area contributed by atoms with E-state index in [1.807, 2.05) is 6.92 Å². The molecule has 2 amide bonds. The minimum atomic E-state index is -0.908. The lowest BCUT2D eigenvalue weighted by Gasteiger charge is -2.42. The second-order valence-electron chi connectivity index (χ2n) is 5.53. The predicted octanol–water partition coefficient (Wildman–Crippen LogP) is 2.48. The molecule has 0 radical (unpaired) electrons. The number of ether oxygens (including phenoxy) is 1. The van der Waals surface area contributed by atoms with Gasteiger partial charge < -0.3 is 10.1 Å². The molecule has 0 aliphatic carbocycles. The van der Waals surface area contributed by atoms with E-state index in [2.05, 4.69) is 21.2 Å². The molecule has 0 bridgehead atoms. The third-order valence-electron chi connectivity index (χ3n) is 3.60. The van der Waals surface area contributed by atoms with Crippen molar-refractivity contribution in [3.63, 3.8) is 0 Å². The average molecular weight is 355 g/mol. The maximum absolute atomic E-state index is 12.7. The van der Waals surface area contributed by atoms with Crippen molar-refractivity contribution < 1.29 is 14.3 Å². The standard InChI is InChI=1S/C15H19BrN2O3/c1-5-11-13(19)17-15(2,3)14(20)18(11)9-6-7-12(21-4)10(16)8-9/h6-8,11H,5H2,1-4H3,(H,17,19). The number of hydrogen-bond acceptors (Lipinski definition) is 3. The summed E-state index contributed by atoms with van der Waals surface area (Å²) in [6.07, 6.45) is 0.553. The molecule has 2 rings (SSSR count). The van der Waals surface area contributed by atoms with Crippen LogP contribution in [0.3, 0.4) is 0 Å². The van der Waals surface area contributed by atoms with Gasteiger partial charge in [0, 0.05) is 5.69 Å². The van der Waals surface area contributed by atoms with Gasteiger partial charge in [0.05, 0.1) is 11.6 Å². The number of carbonyl (C=O) groups is 2. The number of methoxy groups -OCH3 is 1. The fraction of sp³-hybridized carbons (Fsp3) is 0.467. The Morgan fingerprint density at radius 2 is 2.05 bits per heavy atom. The number of benzene rings is 1. The van der Waals surface area contributed by atoms with Crippen LogP contribution in [0.1, 0.15) is 27.2 Å². The van der Waals surface area contributed by atoms with Crippen molar-refractivity contribution in [1.29, 1.82) is 0 Å². The first-order valence-electron chi connectivity index (χ1n) is 6.81. The van der Waals surface area contributed by atoms with Crippen LogP contribution >= 0.6 is 15.9 Å². The summed E-state index contributed by atoms with van der Waals surface area (Å²) in [5.41, 5.74) is -0.225. The minimum absolute atomic E-state index is 0.119. The summed E-state index contributed by atoms with van der Waals surface area (Å²) < 4.78 is 5.94. The number of nitrogens with one attached hydrogen (secondary N) is 1. The topological polar surface area (TPSA) is 58.6 Å². The van der Waals surface area contributed by atoms with E-state index < -0.39 is 11.6 Å². The molecule has 1 aromatic carbocycles. The van der Waals surface area contributed by atoms with E-state index in [0.717, 1.165) is 4.47 Å². The van der Waals surface area contributed by atoms with Gasteiger partial charge in [-0.25, -0.2) is 0 Å². The molecule has 6 heteroatoms. The molecule has 21 heavy (non-hydrogen) atoms. The molecule has 5 nitrogen and oxygen atoms in total. The first-order chi connectivity index (χ1) is 9.81. The zero-order valence-electron chi connectivity index (χ0n) is 12.6. The van der Waals surface area contributed by atoms with Gasteiger partial charge in [0.15, 0.2) is 0 Å². The van der Waals surface area contributed by atoms with E-state index >= 15 is 0 Å². The lowest BCUT2D eigenvalue weighted by Crippen LogP contribution is -2.68. The summed E-state index contributed by atoms with van der Waals surface area (Å²) in [6.45, 7) is 5.32. The molecule has 1 unspecified atom stereocenters. The molecule has 0 spiro atoms. The largest absolute Gasteiger partial charge is 0.496 e. The molecule has 1 aromatic rings. The van der Waals surface area contributed by atoms with Crippen molar-refractivity contribution >= 4 is 33.4 Å². The summed E-state index contributed by atoms with van der Waals surface area (Å²) >= 11 is 3.42. The zero-order valence-corrected chi connectivity index (χ0v) is 14.2. The highest BCUT2D eigenvalue weighted by atomic mass is 79.9. The molecule has 114 valence electrons. The second kappa shape index (κ2) is 5.67. The second-order valence-corrected chi connectivity index (χ2v) is 6.39. The van der Waals surface area contributed by atoms with E-state index in [4.69, 9.17) is 4.74 Å². The molecule has 1 N–H and O–H groups in total. The highest BCUT2D eigenvalue weighted by Gasteiger charge is 2.45. The molecule has 1 atom stereocenters. The Labute approximate surface area is 132 Å². The lowest BCUT2D eigenvalue weighted by molar-refractivity contribution is -0.137. The van der Waals surface area contributed by atoms with Gasteiger partial charge in [-0.3, -0.25) is 14.5 Å². The maximum Gasteiger partial charge on any atom is 0.252 e. The van der Waals surface area contributed by atoms with Gasteiger partial charge >= 0.3 is 0 Å². The molecule has 1 fully saturated rings. The third kappa shape index (κ3) is 2.77. The van der Waals surface area contributed by atoms with Crippen molar-refractivity contribution in [3.05, 3.63) is 22.7 Å². The number of amides is 2. The number of rotatable bonds is 3. The van der Waals surface area contributed by atoms with Crippen LogP contribution in [0.25, 0.3) is 0 Å². The highest BCUT2D eigenvalue weighted by molar-refractivity contribution is 9.10. The van der Waals surface area contributed by atoms with Crippen LogP contribution in [0, 0.1) is 0 Å². The van der Waals surface area contributed by atoms with Gasteiger partial charge in [-0.05, 0) is 54.4 Å². The van der Waals surface area contributed by atoms with Crippen LogP contribution in [0.15, 0.2) is 22.7 Å². The van der Waals surface area contributed by atoms with E-state index in [0.29, 0.717) is 17.9 Å². The zero-order chi connectivity index (χ0) is 15.8. The van der Waals surface area contributed by atoms with E-state index in [9.17, 15) is 9.59 Å². The third-order valence-corrected chi connectivity index (χ3v) is 4.22. The van der Waals surface area contributed by atoms with Gasteiger partial charge in [-0.15, -0.1) is 0 Å². The Kier molecular flexibility index (Phi) is 4.27. The van der Waals surface area contributed by atoms with Crippen LogP contribution < -0.4 is 15.0 Å². The van der Waals surface area contributed by atoms with Crippen molar-refractivity contribution in [2.24, 2.45) is 0 Å². The van der Waals surface area contributed by atoms with E-state index in [-0.39, 0.29) is 11.8 Å². The molecule has 0 saturated carbocycles. The summed E-state index contributed by atoms with van der Waals surface area (Å²) in [5.74, 6) is 0.431. The normalized spacial score (nSPS) is 21.2. The Morgan fingerprint density at radius 1 is 1.38 bits per heavy atom. The lowest BCUT2D eigenvalue weighted by atomic mass is 9.95. The van der Waals surface area contributed by atoms with Crippen LogP contribution in [0.5, 0.6) is 5.75 Å². The Bertz CT molecular complexity index is 586. The van der Waals surface area contributed by atoms with Crippen LogP contribution in [-0.4, -0.2) is 30.5 Å². The quantitative estimate of drug-likeness (QED) is 0.906. The summed E-state index contributed by atoms with van der Waals surface area (Å²) in [7, 11) is 1.58. The van der Waals surface area contributed by atoms with Crippen molar-refractivity contribution in [1.82, 2.24) is 5.32 Å². The van der Waals surface area contributed by atoms with Gasteiger partial charge in [-0.2, -0.15) is 0 Å². The van der Waals surface area contributed by atoms with Crippen molar-refractivity contribution in [3.8, 4) is 5.75 Å². The van der Waals surface area contributed by atoms with Gasteiger partial charge in [-0.1, -0.05) is 6.92 Å². The predicted molar refractivity (Wildman–Crippen MR) is 84.5 cm³/mol. The maximum atomic E-state index is 12.7. The number of carbonyl (C=O) groups excluding carboxylic acids is 2. The fourth-order valence-corrected chi connectivity index (χ4v) is 3.00.